The average Bonchev–Trinajstić information content (AvgIpc) is 3.10. The molecule has 1 aliphatic rings. The van der Waals surface area contributed by atoms with Crippen LogP contribution in [-0.2, 0) is 13.2 Å². The van der Waals surface area contributed by atoms with Crippen LogP contribution in [-0.4, -0.2) is 31.9 Å². The molecule has 9 heteroatoms. The molecule has 0 fully saturated rings. The Balaban J connectivity index is 1.90. The number of aliphatic hydroxyl groups excluding tert-OH is 1. The van der Waals surface area contributed by atoms with Gasteiger partial charge in [-0.05, 0) is 56.2 Å². The third kappa shape index (κ3) is 3.68. The van der Waals surface area contributed by atoms with E-state index in [-0.39, 0.29) is 35.9 Å². The summed E-state index contributed by atoms with van der Waals surface area (Å²) in [6.45, 7) is 9.19. The Morgan fingerprint density at radius 3 is 2.52 bits per heavy atom. The van der Waals surface area contributed by atoms with Gasteiger partial charge in [0, 0.05) is 24.6 Å². The van der Waals surface area contributed by atoms with Crippen LogP contribution in [0.15, 0.2) is 47.3 Å². The number of fused-ring (bicyclic) bond motifs is 1. The van der Waals surface area contributed by atoms with E-state index in [1.165, 1.54) is 21.6 Å². The first-order chi connectivity index (χ1) is 15.7. The van der Waals surface area contributed by atoms with Crippen LogP contribution < -0.4 is 10.6 Å². The van der Waals surface area contributed by atoms with E-state index >= 15 is 4.39 Å². The van der Waals surface area contributed by atoms with Crippen molar-refractivity contribution in [3.63, 3.8) is 0 Å². The molecule has 2 heterocycles. The maximum absolute atomic E-state index is 15.2. The van der Waals surface area contributed by atoms with Gasteiger partial charge in [0.05, 0.1) is 5.69 Å². The maximum atomic E-state index is 15.2. The number of halogens is 2. The lowest BCUT2D eigenvalue weighted by molar-refractivity contribution is 0.0976. The lowest BCUT2D eigenvalue weighted by Gasteiger charge is -2.35. The fourth-order valence-electron chi connectivity index (χ4n) is 4.21. The lowest BCUT2D eigenvalue weighted by atomic mass is 9.84. The van der Waals surface area contributed by atoms with Crippen molar-refractivity contribution in [2.24, 2.45) is 0 Å². The highest BCUT2D eigenvalue weighted by Gasteiger charge is 2.35. The van der Waals surface area contributed by atoms with Gasteiger partial charge in [0.15, 0.2) is 5.82 Å². The average molecular weight is 454 g/mol. The van der Waals surface area contributed by atoms with Gasteiger partial charge in [0.25, 0.3) is 5.91 Å². The van der Waals surface area contributed by atoms with E-state index in [4.69, 9.17) is 0 Å². The van der Waals surface area contributed by atoms with Crippen LogP contribution in [0.2, 0.25) is 0 Å². The number of rotatable bonds is 5. The van der Waals surface area contributed by atoms with Gasteiger partial charge in [0.2, 0.25) is 0 Å². The van der Waals surface area contributed by atoms with Crippen molar-refractivity contribution in [2.75, 3.05) is 11.4 Å². The molecule has 1 aliphatic heterocycles. The van der Waals surface area contributed by atoms with Crippen LogP contribution in [0.1, 0.15) is 47.1 Å². The Morgan fingerprint density at radius 2 is 1.91 bits per heavy atom. The van der Waals surface area contributed by atoms with Crippen molar-refractivity contribution in [1.82, 2.24) is 14.3 Å². The first-order valence-electron chi connectivity index (χ1n) is 10.5. The topological polar surface area (TPSA) is 80.4 Å². The highest BCUT2D eigenvalue weighted by molar-refractivity contribution is 6.09. The molecule has 0 spiro atoms. The molecule has 1 atom stereocenters. The molecule has 33 heavy (non-hydrogen) atoms. The predicted octanol–water partition coefficient (Wildman–Crippen LogP) is 3.45. The van der Waals surface area contributed by atoms with Crippen LogP contribution in [0.4, 0.5) is 14.5 Å². The smallest absolute Gasteiger partial charge is 0.350 e. The Morgan fingerprint density at radius 1 is 1.18 bits per heavy atom. The Hall–Kier alpha value is -3.59. The molecule has 0 radical (unpaired) electrons. The number of nitrogens with zero attached hydrogens (tertiary/aromatic N) is 4. The van der Waals surface area contributed by atoms with Crippen LogP contribution in [0, 0.1) is 18.6 Å². The number of aromatic nitrogens is 3. The Kier molecular flexibility index (Phi) is 5.75. The molecule has 2 aromatic carbocycles. The van der Waals surface area contributed by atoms with E-state index in [0.29, 0.717) is 11.1 Å². The second kappa shape index (κ2) is 8.40. The number of aryl methyl sites for hydroxylation is 1. The van der Waals surface area contributed by atoms with Crippen molar-refractivity contribution in [1.29, 1.82) is 0 Å². The zero-order chi connectivity index (χ0) is 24.0. The SMILES string of the molecule is C=C(C)[C@@H]1CN(c2cc(C)ccc2F)C(=O)c2cc(F)c(-n3nc(CO)n(CC)c3=O)cc21. The zero-order valence-electron chi connectivity index (χ0n) is 18.6. The maximum Gasteiger partial charge on any atom is 0.350 e. The fraction of sp³-hybridized carbons (Fsp3) is 0.292. The lowest BCUT2D eigenvalue weighted by Crippen LogP contribution is -2.41. The van der Waals surface area contributed by atoms with Gasteiger partial charge in [-0.25, -0.2) is 13.6 Å². The van der Waals surface area contributed by atoms with E-state index in [2.05, 4.69) is 11.7 Å². The molecule has 3 aromatic rings. The quantitative estimate of drug-likeness (QED) is 0.599. The highest BCUT2D eigenvalue weighted by atomic mass is 19.1. The van der Waals surface area contributed by atoms with E-state index in [0.717, 1.165) is 16.3 Å². The molecule has 0 saturated heterocycles. The minimum Gasteiger partial charge on any atom is -0.388 e. The number of anilines is 1. The first kappa shape index (κ1) is 22.6. The molecule has 1 N–H and O–H groups in total. The molecule has 0 unspecified atom stereocenters. The minimum absolute atomic E-state index is 0.0711. The van der Waals surface area contributed by atoms with Crippen molar-refractivity contribution in [3.05, 3.63) is 87.1 Å². The summed E-state index contributed by atoms with van der Waals surface area (Å²) in [5, 5.41) is 13.6. The molecule has 1 amide bonds. The number of carbonyl (C=O) groups is 1. The molecule has 1 aromatic heterocycles. The first-order valence-corrected chi connectivity index (χ1v) is 10.5. The summed E-state index contributed by atoms with van der Waals surface area (Å²) in [5.74, 6) is -2.24. The third-order valence-corrected chi connectivity index (χ3v) is 5.95. The van der Waals surface area contributed by atoms with Crippen LogP contribution in [0.3, 0.4) is 0 Å². The van der Waals surface area contributed by atoms with Crippen LogP contribution in [0.5, 0.6) is 0 Å². The second-order valence-electron chi connectivity index (χ2n) is 8.17. The van der Waals surface area contributed by atoms with E-state index in [1.54, 1.807) is 32.9 Å². The molecular weight excluding hydrogens is 430 g/mol. The van der Waals surface area contributed by atoms with E-state index in [9.17, 15) is 19.1 Å². The van der Waals surface area contributed by atoms with E-state index < -0.39 is 35.8 Å². The summed E-state index contributed by atoms with van der Waals surface area (Å²) < 4.78 is 31.9. The molecule has 172 valence electrons. The van der Waals surface area contributed by atoms with Gasteiger partial charge in [-0.3, -0.25) is 9.36 Å². The minimum atomic E-state index is -0.832. The van der Waals surface area contributed by atoms with Gasteiger partial charge >= 0.3 is 5.69 Å². The van der Waals surface area contributed by atoms with E-state index in [1.807, 2.05) is 0 Å². The predicted molar refractivity (Wildman–Crippen MR) is 120 cm³/mol. The largest absolute Gasteiger partial charge is 0.388 e. The molecule has 0 aliphatic carbocycles. The van der Waals surface area contributed by atoms with Crippen molar-refractivity contribution in [2.45, 2.75) is 39.8 Å². The zero-order valence-corrected chi connectivity index (χ0v) is 18.6. The summed E-state index contributed by atoms with van der Waals surface area (Å²) in [6, 6.07) is 6.95. The van der Waals surface area contributed by atoms with Crippen molar-refractivity contribution < 1.29 is 18.7 Å². The van der Waals surface area contributed by atoms with Gasteiger partial charge in [-0.15, -0.1) is 5.10 Å². The summed E-state index contributed by atoms with van der Waals surface area (Å²) >= 11 is 0. The number of carbonyl (C=O) groups excluding carboxylic acids is 1. The third-order valence-electron chi connectivity index (χ3n) is 5.95. The van der Waals surface area contributed by atoms with Gasteiger partial charge < -0.3 is 10.0 Å². The Labute approximate surface area is 189 Å². The Bertz CT molecular complexity index is 1340. The summed E-state index contributed by atoms with van der Waals surface area (Å²) in [6.07, 6.45) is 0. The van der Waals surface area contributed by atoms with Crippen LogP contribution in [0.25, 0.3) is 5.69 Å². The standard InChI is InChI=1S/C24H24F2N4O3/c1-5-28-22(12-31)27-30(24(28)33)21-10-15-16(9-19(21)26)23(32)29(11-17(15)13(2)3)20-8-14(4)6-7-18(20)25/h6-10,17,31H,2,5,11-12H2,1,3-4H3/t17-/m0/s1. The second-order valence-corrected chi connectivity index (χ2v) is 8.17. The summed E-state index contributed by atoms with van der Waals surface area (Å²) in [4.78, 5) is 27.3. The van der Waals surface area contributed by atoms with Crippen molar-refractivity contribution in [3.8, 4) is 5.69 Å². The number of hydrogen-bond donors (Lipinski definition) is 1. The van der Waals surface area contributed by atoms with Gasteiger partial charge in [-0.1, -0.05) is 18.2 Å². The van der Waals surface area contributed by atoms with Gasteiger partial charge in [-0.2, -0.15) is 4.68 Å². The normalized spacial score (nSPS) is 15.6. The molecule has 4 rings (SSSR count). The number of benzene rings is 2. The summed E-state index contributed by atoms with van der Waals surface area (Å²) in [5.41, 5.74) is 1.42. The van der Waals surface area contributed by atoms with Crippen molar-refractivity contribution >= 4 is 11.6 Å². The number of amides is 1. The molecule has 0 bridgehead atoms. The van der Waals surface area contributed by atoms with Crippen LogP contribution >= 0.6 is 0 Å². The monoisotopic (exact) mass is 454 g/mol. The molecular formula is C24H24F2N4O3. The molecule has 7 nitrogen and oxygen atoms in total. The number of hydrogen-bond acceptors (Lipinski definition) is 4. The highest BCUT2D eigenvalue weighted by Crippen LogP contribution is 2.38. The summed E-state index contributed by atoms with van der Waals surface area (Å²) in [7, 11) is 0. The van der Waals surface area contributed by atoms with Gasteiger partial charge in [0.1, 0.15) is 23.9 Å². The fourth-order valence-corrected chi connectivity index (χ4v) is 4.21. The molecule has 0 saturated carbocycles. The number of aliphatic hydroxyl groups is 1.